The van der Waals surface area contributed by atoms with E-state index in [9.17, 15) is 19.2 Å². The number of benzene rings is 7. The van der Waals surface area contributed by atoms with E-state index in [4.69, 9.17) is 6.42 Å². The lowest BCUT2D eigenvalue weighted by Crippen LogP contribution is -2.07. The predicted molar refractivity (Wildman–Crippen MR) is 293 cm³/mol. The molecular formula is C68H62O4. The van der Waals surface area contributed by atoms with Crippen LogP contribution < -0.4 is 0 Å². The second-order valence-electron chi connectivity index (χ2n) is 18.5. The molecular weight excluding hydrogens is 881 g/mol. The molecule has 0 bridgehead atoms. The van der Waals surface area contributed by atoms with Crippen LogP contribution >= 0.6 is 0 Å². The molecule has 4 nitrogen and oxygen atoms in total. The molecule has 7 rings (SSSR count). The quantitative estimate of drug-likeness (QED) is 0.0386. The van der Waals surface area contributed by atoms with E-state index in [2.05, 4.69) is 67.7 Å². The third-order valence-corrected chi connectivity index (χ3v) is 12.9. The summed E-state index contributed by atoms with van der Waals surface area (Å²) in [6, 6.07) is 49.3. The van der Waals surface area contributed by atoms with Gasteiger partial charge >= 0.3 is 0 Å². The van der Waals surface area contributed by atoms with E-state index in [0.29, 0.717) is 72.3 Å². The van der Waals surface area contributed by atoms with Gasteiger partial charge in [-0.25, -0.2) is 0 Å². The molecule has 0 spiro atoms. The Morgan fingerprint density at radius 2 is 0.639 bits per heavy atom. The highest BCUT2D eigenvalue weighted by molar-refractivity contribution is 6.14. The number of ketones is 4. The lowest BCUT2D eigenvalue weighted by Gasteiger charge is -2.07. The Bertz CT molecular complexity index is 2950. The molecule has 0 atom stereocenters. The molecule has 0 aliphatic rings. The van der Waals surface area contributed by atoms with Crippen LogP contribution in [-0.2, 0) is 12.8 Å². The van der Waals surface area contributed by atoms with Crippen molar-refractivity contribution in [1.29, 1.82) is 0 Å². The van der Waals surface area contributed by atoms with Crippen LogP contribution in [0.15, 0.2) is 164 Å². The number of rotatable bonds is 22. The second-order valence-corrected chi connectivity index (χ2v) is 18.5. The van der Waals surface area contributed by atoms with Crippen molar-refractivity contribution >= 4 is 23.1 Å². The summed E-state index contributed by atoms with van der Waals surface area (Å²) < 4.78 is 0. The molecule has 4 heteroatoms. The molecule has 0 saturated heterocycles. The molecule has 0 fully saturated rings. The maximum atomic E-state index is 13.8. The minimum Gasteiger partial charge on any atom is -0.289 e. The zero-order valence-electron chi connectivity index (χ0n) is 41.7. The van der Waals surface area contributed by atoms with Crippen LogP contribution in [0.25, 0.3) is 0 Å². The van der Waals surface area contributed by atoms with E-state index >= 15 is 0 Å². The Morgan fingerprint density at radius 1 is 0.319 bits per heavy atom. The van der Waals surface area contributed by atoms with Crippen LogP contribution in [0.4, 0.5) is 0 Å². The van der Waals surface area contributed by atoms with Crippen molar-refractivity contribution in [3.63, 3.8) is 0 Å². The van der Waals surface area contributed by atoms with E-state index in [1.165, 1.54) is 75.3 Å². The molecule has 0 radical (unpaired) electrons. The predicted octanol–water partition coefficient (Wildman–Crippen LogP) is 15.2. The first kappa shape index (κ1) is 51.7. The van der Waals surface area contributed by atoms with Gasteiger partial charge in [0.1, 0.15) is 0 Å². The standard InChI is InChI=1S/C68H62O4/c1-4-7-9-11-13-15-19-51-29-37-57(38-30-51)65(69)61-23-17-21-55(47-61)27-25-53-33-41-59(42-34-53)67(71)63-45-50(6-3)46-64(49-63)68(72)60-43-35-54(36-44-60)26-28-56-22-18-24-62(48-56)66(70)58-39-31-52(32-40-58)20-16-14-12-10-8-5-2/h3,17-18,21-24,29-49H,4-5,7-16,19-20H2,1-2H3. The van der Waals surface area contributed by atoms with Crippen molar-refractivity contribution < 1.29 is 19.2 Å². The highest BCUT2D eigenvalue weighted by atomic mass is 16.1. The van der Waals surface area contributed by atoms with Gasteiger partial charge in [-0.15, -0.1) is 6.42 Å². The molecule has 0 N–H and O–H groups in total. The van der Waals surface area contributed by atoms with Gasteiger partial charge in [0.15, 0.2) is 23.1 Å². The van der Waals surface area contributed by atoms with Gasteiger partial charge in [-0.05, 0) is 128 Å². The average Bonchev–Trinajstić information content (AvgIpc) is 3.43. The normalized spacial score (nSPS) is 10.6. The van der Waals surface area contributed by atoms with Gasteiger partial charge in [0.05, 0.1) is 0 Å². The first-order valence-corrected chi connectivity index (χ1v) is 25.6. The lowest BCUT2D eigenvalue weighted by atomic mass is 9.94. The van der Waals surface area contributed by atoms with Gasteiger partial charge in [0, 0.05) is 72.3 Å². The zero-order chi connectivity index (χ0) is 50.5. The zero-order valence-corrected chi connectivity index (χ0v) is 41.7. The average molecular weight is 943 g/mol. The van der Waals surface area contributed by atoms with Crippen molar-refractivity contribution in [2.24, 2.45) is 0 Å². The summed E-state index contributed by atoms with van der Waals surface area (Å²) in [7, 11) is 0. The number of hydrogen-bond donors (Lipinski definition) is 0. The van der Waals surface area contributed by atoms with Gasteiger partial charge < -0.3 is 0 Å². The summed E-state index contributed by atoms with van der Waals surface area (Å²) in [5.41, 5.74) is 9.61. The first-order valence-electron chi connectivity index (χ1n) is 25.6. The summed E-state index contributed by atoms with van der Waals surface area (Å²) in [4.78, 5) is 54.4. The third kappa shape index (κ3) is 15.0. The van der Waals surface area contributed by atoms with Gasteiger partial charge in [-0.1, -0.05) is 180 Å². The van der Waals surface area contributed by atoms with Crippen molar-refractivity contribution in [3.8, 4) is 36.0 Å². The molecule has 7 aromatic rings. The number of aryl methyl sites for hydroxylation is 2. The van der Waals surface area contributed by atoms with Crippen LogP contribution in [0.2, 0.25) is 0 Å². The molecule has 0 aliphatic heterocycles. The third-order valence-electron chi connectivity index (χ3n) is 12.9. The highest BCUT2D eigenvalue weighted by Crippen LogP contribution is 2.21. The fourth-order valence-corrected chi connectivity index (χ4v) is 8.68. The van der Waals surface area contributed by atoms with Crippen LogP contribution in [-0.4, -0.2) is 23.1 Å². The van der Waals surface area contributed by atoms with Gasteiger partial charge in [0.2, 0.25) is 0 Å². The van der Waals surface area contributed by atoms with Crippen LogP contribution in [0, 0.1) is 36.0 Å². The van der Waals surface area contributed by atoms with Crippen molar-refractivity contribution in [1.82, 2.24) is 0 Å². The fourth-order valence-electron chi connectivity index (χ4n) is 8.68. The maximum absolute atomic E-state index is 13.8. The molecule has 0 aliphatic carbocycles. The first-order chi connectivity index (χ1) is 35.2. The smallest absolute Gasteiger partial charge is 0.193 e. The Labute approximate surface area is 427 Å². The second kappa shape index (κ2) is 26.8. The summed E-state index contributed by atoms with van der Waals surface area (Å²) in [5.74, 6) is 14.6. The number of carbonyl (C=O) groups is 4. The summed E-state index contributed by atoms with van der Waals surface area (Å²) >= 11 is 0. The Hall–Kier alpha value is -8.10. The SMILES string of the molecule is C#Cc1cc(C(=O)c2ccc(C#Cc3cccc(C(=O)c4ccc(CCCCCCCC)cc4)c3)cc2)cc(C(=O)c2ccc(C#Cc3cccc(C(=O)c4ccc(CCCCCCCC)cc4)c3)cc2)c1. The molecule has 0 aromatic heterocycles. The van der Waals surface area contributed by atoms with Crippen molar-refractivity contribution in [3.05, 3.63) is 247 Å². The van der Waals surface area contributed by atoms with Crippen LogP contribution in [0.5, 0.6) is 0 Å². The number of hydrogen-bond acceptors (Lipinski definition) is 4. The number of unbranched alkanes of at least 4 members (excludes halogenated alkanes) is 10. The van der Waals surface area contributed by atoms with Gasteiger partial charge in [-0.3, -0.25) is 19.2 Å². The number of terminal acetylenes is 1. The van der Waals surface area contributed by atoms with Gasteiger partial charge in [0.25, 0.3) is 0 Å². The molecule has 7 aromatic carbocycles. The fraction of sp³-hybridized carbons (Fsp3) is 0.235. The number of carbonyl (C=O) groups excluding carboxylic acids is 4. The van der Waals surface area contributed by atoms with E-state index < -0.39 is 0 Å². The molecule has 0 unspecified atom stereocenters. The highest BCUT2D eigenvalue weighted by Gasteiger charge is 2.17. The minimum absolute atomic E-state index is 0.0465. The Morgan fingerprint density at radius 3 is 1.01 bits per heavy atom. The van der Waals surface area contributed by atoms with Crippen molar-refractivity contribution in [2.45, 2.75) is 104 Å². The van der Waals surface area contributed by atoms with Gasteiger partial charge in [-0.2, -0.15) is 0 Å². The molecule has 72 heavy (non-hydrogen) atoms. The monoisotopic (exact) mass is 942 g/mol. The van der Waals surface area contributed by atoms with E-state index in [-0.39, 0.29) is 23.1 Å². The summed E-state index contributed by atoms with van der Waals surface area (Å²) in [6.45, 7) is 4.46. The van der Waals surface area contributed by atoms with E-state index in [1.807, 2.05) is 60.7 Å². The molecule has 358 valence electrons. The summed E-state index contributed by atoms with van der Waals surface area (Å²) in [6.07, 6.45) is 22.9. The largest absolute Gasteiger partial charge is 0.289 e. The van der Waals surface area contributed by atoms with E-state index in [1.54, 1.807) is 78.9 Å². The topological polar surface area (TPSA) is 68.3 Å². The molecule has 0 saturated carbocycles. The molecule has 0 amide bonds. The lowest BCUT2D eigenvalue weighted by molar-refractivity contribution is 0.102. The van der Waals surface area contributed by atoms with E-state index in [0.717, 1.165) is 25.7 Å². The molecule has 0 heterocycles. The maximum Gasteiger partial charge on any atom is 0.193 e. The Kier molecular flexibility index (Phi) is 19.2. The van der Waals surface area contributed by atoms with Crippen LogP contribution in [0.3, 0.4) is 0 Å². The minimum atomic E-state index is -0.282. The van der Waals surface area contributed by atoms with Crippen LogP contribution in [0.1, 0.15) is 194 Å². The Balaban J connectivity index is 0.944. The van der Waals surface area contributed by atoms with Crippen molar-refractivity contribution in [2.75, 3.05) is 0 Å². The summed E-state index contributed by atoms with van der Waals surface area (Å²) in [5, 5.41) is 0.